The lowest BCUT2D eigenvalue weighted by atomic mass is 9.89. The average molecular weight is 380 g/mol. The normalized spacial score (nSPS) is 25.2. The van der Waals surface area contributed by atoms with Crippen molar-refractivity contribution in [1.82, 2.24) is 4.90 Å². The van der Waals surface area contributed by atoms with Crippen LogP contribution in [0.5, 0.6) is 5.75 Å². The van der Waals surface area contributed by atoms with Gasteiger partial charge in [0.25, 0.3) is 0 Å². The number of hydrogen-bond donors (Lipinski definition) is 0. The topological polar surface area (TPSA) is 48.0 Å². The summed E-state index contributed by atoms with van der Waals surface area (Å²) in [5, 5.41) is 0. The number of esters is 1. The van der Waals surface area contributed by atoms with Crippen LogP contribution in [0.4, 0.5) is 0 Å². The second kappa shape index (κ2) is 8.17. The van der Waals surface area contributed by atoms with Gasteiger partial charge in [0.15, 0.2) is 0 Å². The number of likely N-dealkylation sites (tertiary alicyclic amines) is 1. The van der Waals surface area contributed by atoms with Crippen molar-refractivity contribution in [3.8, 4) is 5.75 Å². The van der Waals surface area contributed by atoms with Gasteiger partial charge in [-0.25, -0.2) is 4.79 Å². The van der Waals surface area contributed by atoms with E-state index in [1.165, 1.54) is 5.56 Å². The number of carbonyl (C=O) groups excluding carboxylic acids is 1. The third-order valence-electron chi connectivity index (χ3n) is 5.39. The first-order chi connectivity index (χ1) is 14.1. The highest BCUT2D eigenvalue weighted by Crippen LogP contribution is 2.33. The number of carbonyl (C=O) groups is 1. The quantitative estimate of drug-likeness (QED) is 0.587. The number of nitrogens with zero attached hydrogens (tertiary/aromatic N) is 1. The highest BCUT2D eigenvalue weighted by molar-refractivity contribution is 5.89. The first-order valence-electron chi connectivity index (χ1n) is 9.97. The maximum absolute atomic E-state index is 12.8. The molecule has 2 aromatic rings. The van der Waals surface area contributed by atoms with Gasteiger partial charge in [-0.05, 0) is 42.3 Å². The molecule has 28 heavy (non-hydrogen) atoms. The van der Waals surface area contributed by atoms with Crippen LogP contribution in [0.3, 0.4) is 0 Å². The molecule has 4 rings (SSSR count). The Balaban J connectivity index is 1.55. The Morgan fingerprint density at radius 2 is 1.96 bits per heavy atom. The van der Waals surface area contributed by atoms with Crippen LogP contribution in [0, 0.1) is 0 Å². The Labute approximate surface area is 166 Å². The maximum atomic E-state index is 12.8. The molecule has 5 heteroatoms. The van der Waals surface area contributed by atoms with Crippen molar-refractivity contribution >= 4 is 5.97 Å². The van der Waals surface area contributed by atoms with Crippen LogP contribution in [0.25, 0.3) is 0 Å². The summed E-state index contributed by atoms with van der Waals surface area (Å²) in [4.78, 5) is 15.1. The standard InChI is InChI=1S/C23H25NO4/c1-16-12-13-27-20-15-24(14-17-6-4-3-5-7-17)21(20)22(16)28-23(25)18-8-10-19(26-2)11-9-18/h3-12,20-22H,13-15H2,1-2H3/t20-,21+,22?/m0/s1/i12D. The molecule has 1 fully saturated rings. The molecule has 2 aliphatic rings. The van der Waals surface area contributed by atoms with E-state index in [0.717, 1.165) is 18.7 Å². The maximum Gasteiger partial charge on any atom is 0.338 e. The monoisotopic (exact) mass is 380 g/mol. The Morgan fingerprint density at radius 3 is 2.68 bits per heavy atom. The highest BCUT2D eigenvalue weighted by Gasteiger charge is 2.47. The predicted octanol–water partition coefficient (Wildman–Crippen LogP) is 3.45. The van der Waals surface area contributed by atoms with Gasteiger partial charge in [0.2, 0.25) is 0 Å². The van der Waals surface area contributed by atoms with Crippen molar-refractivity contribution in [2.24, 2.45) is 0 Å². The molecule has 2 heterocycles. The van der Waals surface area contributed by atoms with Crippen molar-refractivity contribution in [3.05, 3.63) is 77.3 Å². The van der Waals surface area contributed by atoms with Crippen LogP contribution in [-0.2, 0) is 16.0 Å². The largest absolute Gasteiger partial charge is 0.497 e. The van der Waals surface area contributed by atoms with Crippen molar-refractivity contribution in [1.29, 1.82) is 0 Å². The molecule has 0 N–H and O–H groups in total. The van der Waals surface area contributed by atoms with Crippen LogP contribution in [-0.4, -0.2) is 49.4 Å². The van der Waals surface area contributed by atoms with Gasteiger partial charge in [-0.3, -0.25) is 4.90 Å². The van der Waals surface area contributed by atoms with E-state index in [0.29, 0.717) is 17.4 Å². The zero-order chi connectivity index (χ0) is 20.4. The Hall–Kier alpha value is -2.63. The van der Waals surface area contributed by atoms with Crippen LogP contribution in [0.1, 0.15) is 24.2 Å². The van der Waals surface area contributed by atoms with Crippen molar-refractivity contribution in [3.63, 3.8) is 0 Å². The Morgan fingerprint density at radius 1 is 1.21 bits per heavy atom. The SMILES string of the molecule is [2H]C1=C(C)C(OC(=O)c2ccc(OC)cc2)[C@H]2[C@H](CN2Cc2ccccc2)OC1. The van der Waals surface area contributed by atoms with Crippen LogP contribution < -0.4 is 4.74 Å². The summed E-state index contributed by atoms with van der Waals surface area (Å²) in [5.74, 6) is 0.277. The second-order valence-electron chi connectivity index (χ2n) is 7.17. The summed E-state index contributed by atoms with van der Waals surface area (Å²) in [6.07, 6.45) is -0.563. The summed E-state index contributed by atoms with van der Waals surface area (Å²) < 4.78 is 25.3. The number of rotatable bonds is 5. The smallest absolute Gasteiger partial charge is 0.338 e. The van der Waals surface area contributed by atoms with Gasteiger partial charge < -0.3 is 14.2 Å². The van der Waals surface area contributed by atoms with E-state index < -0.39 is 12.1 Å². The summed E-state index contributed by atoms with van der Waals surface area (Å²) in [6, 6.07) is 17.3. The lowest BCUT2D eigenvalue weighted by Gasteiger charge is -2.49. The number of fused-ring (bicyclic) bond motifs is 1. The molecule has 2 aromatic carbocycles. The van der Waals surface area contributed by atoms with E-state index in [-0.39, 0.29) is 18.8 Å². The third kappa shape index (κ3) is 3.81. The first kappa shape index (κ1) is 17.5. The fourth-order valence-corrected chi connectivity index (χ4v) is 3.77. The molecule has 0 aromatic heterocycles. The van der Waals surface area contributed by atoms with Gasteiger partial charge in [-0.1, -0.05) is 36.4 Å². The van der Waals surface area contributed by atoms with E-state index in [1.807, 2.05) is 25.1 Å². The number of ether oxygens (including phenoxy) is 3. The fourth-order valence-electron chi connectivity index (χ4n) is 3.77. The zero-order valence-corrected chi connectivity index (χ0v) is 16.1. The van der Waals surface area contributed by atoms with Gasteiger partial charge in [0.1, 0.15) is 11.9 Å². The molecule has 0 spiro atoms. The van der Waals surface area contributed by atoms with E-state index in [2.05, 4.69) is 17.0 Å². The molecule has 0 radical (unpaired) electrons. The average Bonchev–Trinajstić information content (AvgIpc) is 2.83. The molecule has 2 aliphatic heterocycles. The lowest BCUT2D eigenvalue weighted by molar-refractivity contribution is -0.130. The molecule has 0 saturated carbocycles. The minimum atomic E-state index is -0.512. The van der Waals surface area contributed by atoms with Gasteiger partial charge in [0.05, 0.1) is 32.8 Å². The summed E-state index contributed by atoms with van der Waals surface area (Å²) in [6.45, 7) is 3.63. The van der Waals surface area contributed by atoms with Crippen LogP contribution in [0.15, 0.2) is 66.2 Å². The Bertz CT molecular complexity index is 897. The van der Waals surface area contributed by atoms with Gasteiger partial charge >= 0.3 is 5.97 Å². The fraction of sp³-hybridized carbons (Fsp3) is 0.348. The molecule has 1 unspecified atom stereocenters. The summed E-state index contributed by atoms with van der Waals surface area (Å²) in [5.41, 5.74) is 2.40. The minimum absolute atomic E-state index is 0.0508. The summed E-state index contributed by atoms with van der Waals surface area (Å²) >= 11 is 0. The predicted molar refractivity (Wildman–Crippen MR) is 106 cm³/mol. The molecular weight excluding hydrogens is 354 g/mol. The van der Waals surface area contributed by atoms with Gasteiger partial charge in [-0.15, -0.1) is 0 Å². The first-order valence-corrected chi connectivity index (χ1v) is 9.47. The third-order valence-corrected chi connectivity index (χ3v) is 5.39. The molecule has 3 atom stereocenters. The lowest BCUT2D eigenvalue weighted by Crippen LogP contribution is -2.65. The highest BCUT2D eigenvalue weighted by atomic mass is 16.6. The van der Waals surface area contributed by atoms with Crippen LogP contribution >= 0.6 is 0 Å². The molecule has 0 bridgehead atoms. The Kier molecular flexibility index (Phi) is 5.09. The molecule has 0 amide bonds. The van der Waals surface area contributed by atoms with E-state index in [1.54, 1.807) is 31.4 Å². The molecule has 5 nitrogen and oxygen atoms in total. The zero-order valence-electron chi connectivity index (χ0n) is 17.1. The van der Waals surface area contributed by atoms with Crippen molar-refractivity contribution in [2.75, 3.05) is 20.3 Å². The molecular formula is C23H25NO4. The van der Waals surface area contributed by atoms with E-state index in [4.69, 9.17) is 15.6 Å². The van der Waals surface area contributed by atoms with E-state index >= 15 is 0 Å². The van der Waals surface area contributed by atoms with Gasteiger partial charge in [0, 0.05) is 13.1 Å². The summed E-state index contributed by atoms with van der Waals surface area (Å²) in [7, 11) is 1.58. The number of benzene rings is 2. The van der Waals surface area contributed by atoms with Crippen molar-refractivity contribution in [2.45, 2.75) is 31.7 Å². The number of methoxy groups -OCH3 is 1. The second-order valence-corrected chi connectivity index (χ2v) is 7.17. The number of hydrogen-bond acceptors (Lipinski definition) is 5. The van der Waals surface area contributed by atoms with E-state index in [9.17, 15) is 4.79 Å². The molecule has 0 aliphatic carbocycles. The molecule has 1 saturated heterocycles. The minimum Gasteiger partial charge on any atom is -0.497 e. The van der Waals surface area contributed by atoms with Gasteiger partial charge in [-0.2, -0.15) is 0 Å². The van der Waals surface area contributed by atoms with Crippen LogP contribution in [0.2, 0.25) is 0 Å². The van der Waals surface area contributed by atoms with Crippen molar-refractivity contribution < 1.29 is 20.4 Å². The molecule has 146 valence electrons.